The van der Waals surface area contributed by atoms with Crippen molar-refractivity contribution in [2.75, 3.05) is 19.6 Å². The van der Waals surface area contributed by atoms with E-state index in [4.69, 9.17) is 9.15 Å². The minimum Gasteiger partial charge on any atom is -0.486 e. The molecule has 36 heavy (non-hydrogen) atoms. The third kappa shape index (κ3) is 6.09. The molecule has 1 atom stereocenters. The van der Waals surface area contributed by atoms with Gasteiger partial charge in [0.1, 0.15) is 12.4 Å². The predicted molar refractivity (Wildman–Crippen MR) is 130 cm³/mol. The third-order valence-corrected chi connectivity index (χ3v) is 6.98. The maximum atomic E-state index is 14.2. The molecule has 2 N–H and O–H groups in total. The van der Waals surface area contributed by atoms with E-state index in [-0.39, 0.29) is 12.1 Å². The fourth-order valence-corrected chi connectivity index (χ4v) is 4.73. The molecule has 2 aromatic heterocycles. The second kappa shape index (κ2) is 11.2. The quantitative estimate of drug-likeness (QED) is 0.446. The third-order valence-electron chi connectivity index (χ3n) is 6.98. The van der Waals surface area contributed by atoms with Crippen LogP contribution in [0.3, 0.4) is 0 Å². The number of β-amino-alcohol motifs (C(OH)–C–C–N with tert-alkyl or cyclic N) is 1. The molecule has 2 aliphatic rings. The van der Waals surface area contributed by atoms with Crippen molar-refractivity contribution in [3.05, 3.63) is 77.0 Å². The molecule has 0 radical (unpaired) electrons. The molecule has 8 nitrogen and oxygen atoms in total. The van der Waals surface area contributed by atoms with Crippen LogP contribution in [0.15, 0.2) is 47.5 Å². The standard InChI is InChI=1S/C27H31FN4O4/c28-26-13-30-21(8-18-2-1-3-18)10-25(26)27(34)31-11-22(33)15-32-7-6-19-9-23(5-4-20(19)14-32)35-16-24-12-29-17-36-24/h4-5,9-10,12-13,17-18,22,33H,1-3,6-8,11,14-16H2,(H,31,34)/t22-/m0/s1. The Morgan fingerprint density at radius 2 is 2.17 bits per heavy atom. The Hall–Kier alpha value is -3.30. The highest BCUT2D eigenvalue weighted by Gasteiger charge is 2.22. The van der Waals surface area contributed by atoms with Gasteiger partial charge in [-0.2, -0.15) is 0 Å². The van der Waals surface area contributed by atoms with Crippen LogP contribution in [0.4, 0.5) is 4.39 Å². The lowest BCUT2D eigenvalue weighted by atomic mass is 9.82. The molecule has 0 bridgehead atoms. The summed E-state index contributed by atoms with van der Waals surface area (Å²) in [5, 5.41) is 13.2. The monoisotopic (exact) mass is 494 g/mol. The Labute approximate surface area is 209 Å². The van der Waals surface area contributed by atoms with Gasteiger partial charge in [-0.05, 0) is 48.1 Å². The summed E-state index contributed by atoms with van der Waals surface area (Å²) in [6.45, 7) is 2.28. The number of fused-ring (bicyclic) bond motifs is 1. The van der Waals surface area contributed by atoms with Crippen LogP contribution in [0.1, 0.15) is 52.2 Å². The molecule has 1 aromatic carbocycles. The van der Waals surface area contributed by atoms with Gasteiger partial charge in [0.05, 0.1) is 24.1 Å². The number of aliphatic hydroxyl groups is 1. The van der Waals surface area contributed by atoms with E-state index in [1.807, 2.05) is 18.2 Å². The van der Waals surface area contributed by atoms with Gasteiger partial charge in [-0.3, -0.25) is 14.7 Å². The van der Waals surface area contributed by atoms with E-state index in [1.165, 1.54) is 23.9 Å². The maximum Gasteiger partial charge on any atom is 0.254 e. The fourth-order valence-electron chi connectivity index (χ4n) is 4.73. The van der Waals surface area contributed by atoms with E-state index in [0.29, 0.717) is 31.4 Å². The summed E-state index contributed by atoms with van der Waals surface area (Å²) < 4.78 is 25.2. The first-order valence-electron chi connectivity index (χ1n) is 12.5. The average molecular weight is 495 g/mol. The van der Waals surface area contributed by atoms with Gasteiger partial charge in [0, 0.05) is 31.9 Å². The molecule has 1 aliphatic heterocycles. The van der Waals surface area contributed by atoms with Gasteiger partial charge in [-0.25, -0.2) is 9.37 Å². The molecule has 5 rings (SSSR count). The van der Waals surface area contributed by atoms with E-state index < -0.39 is 17.8 Å². The van der Waals surface area contributed by atoms with Crippen molar-refractivity contribution in [3.8, 4) is 5.75 Å². The smallest absolute Gasteiger partial charge is 0.254 e. The molecule has 1 saturated carbocycles. The Bertz CT molecular complexity index is 1180. The normalized spacial score (nSPS) is 16.7. The van der Waals surface area contributed by atoms with Gasteiger partial charge in [-0.1, -0.05) is 25.3 Å². The minimum absolute atomic E-state index is 0.0141. The van der Waals surface area contributed by atoms with Crippen LogP contribution in [-0.2, 0) is 26.0 Å². The molecule has 1 fully saturated rings. The van der Waals surface area contributed by atoms with Crippen LogP contribution < -0.4 is 10.1 Å². The molecule has 190 valence electrons. The lowest BCUT2D eigenvalue weighted by molar-refractivity contribution is 0.0838. The molecular weight excluding hydrogens is 463 g/mol. The number of benzene rings is 1. The number of halogens is 1. The van der Waals surface area contributed by atoms with E-state index in [2.05, 4.69) is 20.2 Å². The van der Waals surface area contributed by atoms with Crippen LogP contribution in [-0.4, -0.2) is 51.6 Å². The van der Waals surface area contributed by atoms with Crippen LogP contribution >= 0.6 is 0 Å². The number of carbonyl (C=O) groups excluding carboxylic acids is 1. The molecule has 0 unspecified atom stereocenters. The van der Waals surface area contributed by atoms with Crippen molar-refractivity contribution >= 4 is 5.91 Å². The van der Waals surface area contributed by atoms with E-state index >= 15 is 0 Å². The maximum absolute atomic E-state index is 14.2. The largest absolute Gasteiger partial charge is 0.486 e. The predicted octanol–water partition coefficient (Wildman–Crippen LogP) is 3.28. The number of amides is 1. The van der Waals surface area contributed by atoms with Crippen molar-refractivity contribution in [2.24, 2.45) is 5.92 Å². The highest BCUT2D eigenvalue weighted by molar-refractivity contribution is 5.94. The summed E-state index contributed by atoms with van der Waals surface area (Å²) in [5.74, 6) is 0.858. The van der Waals surface area contributed by atoms with E-state index in [9.17, 15) is 14.3 Å². The topological polar surface area (TPSA) is 101 Å². The van der Waals surface area contributed by atoms with Gasteiger partial charge < -0.3 is 19.6 Å². The zero-order valence-electron chi connectivity index (χ0n) is 20.2. The number of aliphatic hydroxyl groups excluding tert-OH is 1. The Balaban J connectivity index is 1.09. The minimum atomic E-state index is -0.764. The number of oxazole rings is 1. The molecule has 0 saturated heterocycles. The average Bonchev–Trinajstić information content (AvgIpc) is 3.38. The number of hydrogen-bond acceptors (Lipinski definition) is 7. The summed E-state index contributed by atoms with van der Waals surface area (Å²) in [5.41, 5.74) is 3.13. The fraction of sp³-hybridized carbons (Fsp3) is 0.444. The van der Waals surface area contributed by atoms with Gasteiger partial charge in [0.25, 0.3) is 5.91 Å². The summed E-state index contributed by atoms with van der Waals surface area (Å²) in [6.07, 6.45) is 8.51. The first-order chi connectivity index (χ1) is 17.5. The van der Waals surface area contributed by atoms with Crippen LogP contribution in [0.5, 0.6) is 5.75 Å². The highest BCUT2D eigenvalue weighted by Crippen LogP contribution is 2.29. The summed E-state index contributed by atoms with van der Waals surface area (Å²) in [7, 11) is 0. The van der Waals surface area contributed by atoms with Gasteiger partial charge in [0.2, 0.25) is 0 Å². The lowest BCUT2D eigenvalue weighted by Crippen LogP contribution is -2.42. The second-order valence-electron chi connectivity index (χ2n) is 9.69. The van der Waals surface area contributed by atoms with E-state index in [0.717, 1.165) is 49.9 Å². The molecule has 0 spiro atoms. The summed E-state index contributed by atoms with van der Waals surface area (Å²) in [6, 6.07) is 7.55. The molecule has 9 heteroatoms. The van der Waals surface area contributed by atoms with Crippen molar-refractivity contribution in [1.82, 2.24) is 20.2 Å². The van der Waals surface area contributed by atoms with Crippen molar-refractivity contribution in [2.45, 2.75) is 51.4 Å². The number of nitrogens with one attached hydrogen (secondary N) is 1. The Morgan fingerprint density at radius 1 is 1.28 bits per heavy atom. The number of aromatic nitrogens is 2. The zero-order valence-corrected chi connectivity index (χ0v) is 20.2. The number of carbonyl (C=O) groups is 1. The first-order valence-corrected chi connectivity index (χ1v) is 12.5. The summed E-state index contributed by atoms with van der Waals surface area (Å²) in [4.78, 5) is 22.8. The molecule has 1 amide bonds. The molecule has 3 aromatic rings. The highest BCUT2D eigenvalue weighted by atomic mass is 19.1. The van der Waals surface area contributed by atoms with Crippen LogP contribution in [0, 0.1) is 11.7 Å². The van der Waals surface area contributed by atoms with Gasteiger partial charge in [0.15, 0.2) is 18.0 Å². The van der Waals surface area contributed by atoms with E-state index in [1.54, 1.807) is 12.3 Å². The van der Waals surface area contributed by atoms with Crippen LogP contribution in [0.25, 0.3) is 0 Å². The van der Waals surface area contributed by atoms with Crippen molar-refractivity contribution < 1.29 is 23.4 Å². The SMILES string of the molecule is O=C(NC[C@H](O)CN1CCc2cc(OCc3cnco3)ccc2C1)c1cc(CC2CCC2)ncc1F. The first kappa shape index (κ1) is 24.4. The summed E-state index contributed by atoms with van der Waals surface area (Å²) >= 11 is 0. The number of rotatable bonds is 10. The Kier molecular flexibility index (Phi) is 7.58. The number of pyridine rings is 1. The second-order valence-corrected chi connectivity index (χ2v) is 9.69. The van der Waals surface area contributed by atoms with Crippen LogP contribution in [0.2, 0.25) is 0 Å². The number of hydrogen-bond donors (Lipinski definition) is 2. The van der Waals surface area contributed by atoms with Gasteiger partial charge >= 0.3 is 0 Å². The van der Waals surface area contributed by atoms with Crippen molar-refractivity contribution in [3.63, 3.8) is 0 Å². The van der Waals surface area contributed by atoms with Crippen molar-refractivity contribution in [1.29, 1.82) is 0 Å². The Morgan fingerprint density at radius 3 is 2.94 bits per heavy atom. The number of ether oxygens (including phenoxy) is 1. The molecule has 1 aliphatic carbocycles. The zero-order chi connectivity index (χ0) is 24.9. The van der Waals surface area contributed by atoms with Gasteiger partial charge in [-0.15, -0.1) is 0 Å². The lowest BCUT2D eigenvalue weighted by Gasteiger charge is -2.30. The molecule has 3 heterocycles. The number of nitrogens with zero attached hydrogens (tertiary/aromatic N) is 3. The molecular formula is C27H31FN4O4.